The van der Waals surface area contributed by atoms with Crippen LogP contribution in [0.25, 0.3) is 0 Å². The third-order valence-corrected chi connectivity index (χ3v) is 3.12. The molecular weight excluding hydrogens is 228 g/mol. The molecule has 0 fully saturated rings. The van der Waals surface area contributed by atoms with Gasteiger partial charge in [-0.15, -0.1) is 0 Å². The van der Waals surface area contributed by atoms with Gasteiger partial charge in [-0.1, -0.05) is 64.7 Å². The molecule has 0 aromatic carbocycles. The Balaban J connectivity index is 3.12. The molecule has 0 amide bonds. The highest BCUT2D eigenvalue weighted by atomic mass is 16.5. The highest BCUT2D eigenvalue weighted by Crippen LogP contribution is 2.11. The monoisotopic (exact) mass is 258 g/mol. The summed E-state index contributed by atoms with van der Waals surface area (Å²) in [5.74, 6) is -0.318. The van der Waals surface area contributed by atoms with Crippen molar-refractivity contribution in [2.45, 2.75) is 84.2 Å². The molecule has 3 heteroatoms. The molecule has 0 saturated carbocycles. The van der Waals surface area contributed by atoms with E-state index in [1.807, 2.05) is 0 Å². The van der Waals surface area contributed by atoms with E-state index in [0.717, 1.165) is 12.8 Å². The lowest BCUT2D eigenvalue weighted by molar-refractivity contribution is -0.144. The fourth-order valence-corrected chi connectivity index (χ4v) is 1.99. The van der Waals surface area contributed by atoms with Gasteiger partial charge in [0.1, 0.15) is 6.61 Å². The average Bonchev–Trinajstić information content (AvgIpc) is 2.34. The van der Waals surface area contributed by atoms with Crippen molar-refractivity contribution in [1.29, 1.82) is 0 Å². The summed E-state index contributed by atoms with van der Waals surface area (Å²) >= 11 is 0. The predicted molar refractivity (Wildman–Crippen MR) is 74.5 cm³/mol. The molecule has 0 spiro atoms. The number of aliphatic hydroxyl groups excluding tert-OH is 1. The van der Waals surface area contributed by atoms with Gasteiger partial charge in [-0.25, -0.2) is 0 Å². The molecule has 1 N–H and O–H groups in total. The Bertz CT molecular complexity index is 192. The molecule has 0 aliphatic rings. The zero-order valence-corrected chi connectivity index (χ0v) is 12.1. The van der Waals surface area contributed by atoms with Crippen molar-refractivity contribution < 1.29 is 14.6 Å². The van der Waals surface area contributed by atoms with Gasteiger partial charge in [-0.2, -0.15) is 0 Å². The van der Waals surface area contributed by atoms with Crippen molar-refractivity contribution in [3.05, 3.63) is 0 Å². The van der Waals surface area contributed by atoms with Crippen molar-refractivity contribution in [3.63, 3.8) is 0 Å². The summed E-state index contributed by atoms with van der Waals surface area (Å²) in [5.41, 5.74) is 0. The molecule has 108 valence electrons. The summed E-state index contributed by atoms with van der Waals surface area (Å²) in [4.78, 5) is 10.5. The Morgan fingerprint density at radius 2 is 1.50 bits per heavy atom. The minimum absolute atomic E-state index is 0.145. The number of esters is 1. The van der Waals surface area contributed by atoms with Gasteiger partial charge in [0, 0.05) is 6.92 Å². The van der Waals surface area contributed by atoms with E-state index in [4.69, 9.17) is 4.74 Å². The largest absolute Gasteiger partial charge is 0.463 e. The first kappa shape index (κ1) is 17.4. The number of ether oxygens (including phenoxy) is 1. The van der Waals surface area contributed by atoms with Crippen molar-refractivity contribution in [1.82, 2.24) is 0 Å². The lowest BCUT2D eigenvalue weighted by Crippen LogP contribution is -2.17. The zero-order chi connectivity index (χ0) is 13.6. The van der Waals surface area contributed by atoms with Gasteiger partial charge in [0.25, 0.3) is 0 Å². The maximum Gasteiger partial charge on any atom is 0.302 e. The van der Waals surface area contributed by atoms with Crippen molar-refractivity contribution >= 4 is 5.97 Å². The highest BCUT2D eigenvalue weighted by molar-refractivity contribution is 5.65. The van der Waals surface area contributed by atoms with E-state index in [0.29, 0.717) is 0 Å². The summed E-state index contributed by atoms with van der Waals surface area (Å²) in [6, 6.07) is 0. The van der Waals surface area contributed by atoms with E-state index in [1.54, 1.807) is 0 Å². The van der Waals surface area contributed by atoms with Crippen LogP contribution in [0.3, 0.4) is 0 Å². The normalized spacial score (nSPS) is 12.4. The standard InChI is InChI=1S/C15H30O3/c1-3-4-5-6-7-8-9-10-11-12-15(17)13-18-14(2)16/h15,17H,3-13H2,1-2H3. The van der Waals surface area contributed by atoms with Crippen LogP contribution >= 0.6 is 0 Å². The van der Waals surface area contributed by atoms with Gasteiger partial charge in [0.2, 0.25) is 0 Å². The zero-order valence-electron chi connectivity index (χ0n) is 12.1. The van der Waals surface area contributed by atoms with Crippen LogP contribution in [-0.2, 0) is 9.53 Å². The van der Waals surface area contributed by atoms with E-state index < -0.39 is 6.10 Å². The molecule has 0 aromatic heterocycles. The second kappa shape index (κ2) is 12.9. The summed E-state index contributed by atoms with van der Waals surface area (Å²) in [6.45, 7) is 3.75. The Morgan fingerprint density at radius 1 is 1.00 bits per heavy atom. The third kappa shape index (κ3) is 13.5. The molecule has 18 heavy (non-hydrogen) atoms. The fraction of sp³-hybridized carbons (Fsp3) is 0.933. The highest BCUT2D eigenvalue weighted by Gasteiger charge is 2.05. The van der Waals surface area contributed by atoms with Crippen LogP contribution < -0.4 is 0 Å². The van der Waals surface area contributed by atoms with E-state index in [9.17, 15) is 9.90 Å². The van der Waals surface area contributed by atoms with E-state index in [1.165, 1.54) is 58.3 Å². The number of rotatable bonds is 12. The second-order valence-corrected chi connectivity index (χ2v) is 5.07. The Labute approximate surface area is 112 Å². The maximum atomic E-state index is 10.5. The molecule has 0 rings (SSSR count). The molecule has 1 atom stereocenters. The Kier molecular flexibility index (Phi) is 12.5. The van der Waals surface area contributed by atoms with Crippen LogP contribution in [-0.4, -0.2) is 23.8 Å². The quantitative estimate of drug-likeness (QED) is 0.427. The molecule has 0 aliphatic heterocycles. The first-order valence-electron chi connectivity index (χ1n) is 7.48. The lowest BCUT2D eigenvalue weighted by atomic mass is 10.1. The van der Waals surface area contributed by atoms with Crippen LogP contribution in [0.4, 0.5) is 0 Å². The lowest BCUT2D eigenvalue weighted by Gasteiger charge is -2.09. The number of aliphatic hydroxyl groups is 1. The van der Waals surface area contributed by atoms with Crippen LogP contribution in [0.15, 0.2) is 0 Å². The molecule has 0 radical (unpaired) electrons. The molecule has 0 bridgehead atoms. The summed E-state index contributed by atoms with van der Waals surface area (Å²) in [5, 5.41) is 9.52. The molecule has 0 heterocycles. The predicted octanol–water partition coefficient (Wildman–Crippen LogP) is 3.83. The molecule has 0 aromatic rings. The molecule has 0 saturated heterocycles. The third-order valence-electron chi connectivity index (χ3n) is 3.12. The number of unbranched alkanes of at least 4 members (excludes halogenated alkanes) is 8. The molecule has 3 nitrogen and oxygen atoms in total. The SMILES string of the molecule is CCCCCCCCCCCC(O)COC(C)=O. The van der Waals surface area contributed by atoms with Crippen LogP contribution in [0.1, 0.15) is 78.1 Å². The first-order valence-corrected chi connectivity index (χ1v) is 7.48. The maximum absolute atomic E-state index is 10.5. The van der Waals surface area contributed by atoms with Crippen molar-refractivity contribution in [2.24, 2.45) is 0 Å². The molecule has 0 aliphatic carbocycles. The Hall–Kier alpha value is -0.570. The number of hydrogen-bond donors (Lipinski definition) is 1. The van der Waals surface area contributed by atoms with Gasteiger partial charge in [0.15, 0.2) is 0 Å². The fourth-order valence-electron chi connectivity index (χ4n) is 1.99. The van der Waals surface area contributed by atoms with E-state index in [2.05, 4.69) is 6.92 Å². The summed E-state index contributed by atoms with van der Waals surface area (Å²) in [6.07, 6.45) is 11.8. The van der Waals surface area contributed by atoms with Gasteiger partial charge >= 0.3 is 5.97 Å². The number of hydrogen-bond acceptors (Lipinski definition) is 3. The number of carbonyl (C=O) groups excluding carboxylic acids is 1. The average molecular weight is 258 g/mol. The minimum atomic E-state index is -0.488. The molecule has 1 unspecified atom stereocenters. The van der Waals surface area contributed by atoms with Crippen LogP contribution in [0.5, 0.6) is 0 Å². The van der Waals surface area contributed by atoms with Gasteiger partial charge in [-0.3, -0.25) is 4.79 Å². The van der Waals surface area contributed by atoms with Gasteiger partial charge in [-0.05, 0) is 6.42 Å². The first-order chi connectivity index (χ1) is 8.66. The number of carbonyl (C=O) groups is 1. The van der Waals surface area contributed by atoms with Gasteiger partial charge < -0.3 is 9.84 Å². The smallest absolute Gasteiger partial charge is 0.302 e. The van der Waals surface area contributed by atoms with Crippen LogP contribution in [0, 0.1) is 0 Å². The minimum Gasteiger partial charge on any atom is -0.463 e. The second-order valence-electron chi connectivity index (χ2n) is 5.07. The Morgan fingerprint density at radius 3 is 2.00 bits per heavy atom. The van der Waals surface area contributed by atoms with E-state index in [-0.39, 0.29) is 12.6 Å². The summed E-state index contributed by atoms with van der Waals surface area (Å²) < 4.78 is 4.75. The van der Waals surface area contributed by atoms with Gasteiger partial charge in [0.05, 0.1) is 6.10 Å². The summed E-state index contributed by atoms with van der Waals surface area (Å²) in [7, 11) is 0. The van der Waals surface area contributed by atoms with Crippen LogP contribution in [0.2, 0.25) is 0 Å². The topological polar surface area (TPSA) is 46.5 Å². The van der Waals surface area contributed by atoms with Crippen molar-refractivity contribution in [3.8, 4) is 0 Å². The van der Waals surface area contributed by atoms with E-state index >= 15 is 0 Å². The van der Waals surface area contributed by atoms with Crippen molar-refractivity contribution in [2.75, 3.05) is 6.61 Å². The molecular formula is C15H30O3.